The van der Waals surface area contributed by atoms with E-state index in [0.717, 1.165) is 29.7 Å². The number of nitrogen functional groups attached to an aromatic ring is 1. The number of anilines is 2. The number of hydrogen-bond acceptors (Lipinski definition) is 2. The number of halogens is 1. The standard InChI is InChI=1S/C13H15FN2/c1-2-11-4-3-10-7-9(5-6-14)12(15)8-13(10)16-11/h4-8,16H,2-3,15H2,1H3/b6-5+. The molecule has 2 rings (SSSR count). The van der Waals surface area contributed by atoms with Crippen LogP contribution in [-0.2, 0) is 6.42 Å². The minimum Gasteiger partial charge on any atom is -0.398 e. The van der Waals surface area contributed by atoms with E-state index in [2.05, 4.69) is 18.3 Å². The van der Waals surface area contributed by atoms with Crippen molar-refractivity contribution >= 4 is 17.5 Å². The third-order valence-corrected chi connectivity index (χ3v) is 2.80. The second kappa shape index (κ2) is 4.39. The fourth-order valence-electron chi connectivity index (χ4n) is 1.87. The molecule has 84 valence electrons. The van der Waals surface area contributed by atoms with Gasteiger partial charge in [0, 0.05) is 22.6 Å². The van der Waals surface area contributed by atoms with E-state index in [1.165, 1.54) is 11.8 Å². The molecular formula is C13H15FN2. The molecule has 0 saturated carbocycles. The van der Waals surface area contributed by atoms with Crippen LogP contribution in [0.5, 0.6) is 0 Å². The molecule has 0 atom stereocenters. The molecule has 1 aromatic rings. The molecule has 0 radical (unpaired) electrons. The van der Waals surface area contributed by atoms with Gasteiger partial charge in [-0.3, -0.25) is 0 Å². The Bertz CT molecular complexity index is 461. The topological polar surface area (TPSA) is 38.0 Å². The largest absolute Gasteiger partial charge is 0.398 e. The zero-order valence-electron chi connectivity index (χ0n) is 9.26. The van der Waals surface area contributed by atoms with E-state index in [1.807, 2.05) is 12.1 Å². The second-order valence-electron chi connectivity index (χ2n) is 3.84. The van der Waals surface area contributed by atoms with Crippen molar-refractivity contribution in [2.75, 3.05) is 11.1 Å². The van der Waals surface area contributed by atoms with Crippen LogP contribution in [0.4, 0.5) is 15.8 Å². The second-order valence-corrected chi connectivity index (χ2v) is 3.84. The predicted octanol–water partition coefficient (Wildman–Crippen LogP) is 3.47. The van der Waals surface area contributed by atoms with Gasteiger partial charge in [-0.15, -0.1) is 0 Å². The molecule has 0 saturated heterocycles. The van der Waals surface area contributed by atoms with Crippen molar-refractivity contribution in [1.29, 1.82) is 0 Å². The highest BCUT2D eigenvalue weighted by molar-refractivity contribution is 5.73. The number of fused-ring (bicyclic) bond motifs is 1. The van der Waals surface area contributed by atoms with Gasteiger partial charge in [-0.2, -0.15) is 0 Å². The van der Waals surface area contributed by atoms with Crippen LogP contribution in [-0.4, -0.2) is 0 Å². The summed E-state index contributed by atoms with van der Waals surface area (Å²) in [5, 5.41) is 3.32. The van der Waals surface area contributed by atoms with Crippen LogP contribution in [0.15, 0.2) is 30.2 Å². The van der Waals surface area contributed by atoms with E-state index in [9.17, 15) is 4.39 Å². The van der Waals surface area contributed by atoms with E-state index in [1.54, 1.807) is 0 Å². The van der Waals surface area contributed by atoms with Gasteiger partial charge in [0.1, 0.15) is 0 Å². The molecule has 16 heavy (non-hydrogen) atoms. The normalized spacial score (nSPS) is 14.5. The lowest BCUT2D eigenvalue weighted by Crippen LogP contribution is -2.08. The van der Waals surface area contributed by atoms with Crippen LogP contribution in [0.25, 0.3) is 6.08 Å². The van der Waals surface area contributed by atoms with Crippen LogP contribution in [0.1, 0.15) is 24.5 Å². The molecule has 2 nitrogen and oxygen atoms in total. The van der Waals surface area contributed by atoms with Gasteiger partial charge in [-0.1, -0.05) is 13.0 Å². The minimum absolute atomic E-state index is 0.516. The molecule has 0 amide bonds. The maximum atomic E-state index is 12.1. The molecule has 1 aliphatic rings. The summed E-state index contributed by atoms with van der Waals surface area (Å²) < 4.78 is 12.1. The quantitative estimate of drug-likeness (QED) is 0.746. The Kier molecular flexibility index (Phi) is 2.95. The molecule has 3 N–H and O–H groups in total. The summed E-state index contributed by atoms with van der Waals surface area (Å²) in [6.07, 6.45) is 5.90. The first kappa shape index (κ1) is 10.7. The molecule has 1 heterocycles. The van der Waals surface area contributed by atoms with Gasteiger partial charge in [0.25, 0.3) is 0 Å². The average molecular weight is 218 g/mol. The Morgan fingerprint density at radius 2 is 2.31 bits per heavy atom. The molecule has 0 spiro atoms. The van der Waals surface area contributed by atoms with Crippen LogP contribution in [0.3, 0.4) is 0 Å². The molecule has 0 unspecified atom stereocenters. The first-order chi connectivity index (χ1) is 7.74. The monoisotopic (exact) mass is 218 g/mol. The van der Waals surface area contributed by atoms with Crippen LogP contribution >= 0.6 is 0 Å². The maximum Gasteiger partial charge on any atom is 0.0873 e. The number of nitrogens with two attached hydrogens (primary N) is 1. The summed E-state index contributed by atoms with van der Waals surface area (Å²) in [7, 11) is 0. The number of nitrogens with one attached hydrogen (secondary N) is 1. The van der Waals surface area contributed by atoms with Crippen molar-refractivity contribution < 1.29 is 4.39 Å². The van der Waals surface area contributed by atoms with Crippen molar-refractivity contribution in [3.63, 3.8) is 0 Å². The van der Waals surface area contributed by atoms with Crippen molar-refractivity contribution in [3.05, 3.63) is 41.4 Å². The highest BCUT2D eigenvalue weighted by atomic mass is 19.1. The minimum atomic E-state index is 0.516. The zero-order valence-corrected chi connectivity index (χ0v) is 9.26. The Labute approximate surface area is 94.7 Å². The zero-order chi connectivity index (χ0) is 11.5. The first-order valence-corrected chi connectivity index (χ1v) is 5.39. The Balaban J connectivity index is 2.38. The summed E-state index contributed by atoms with van der Waals surface area (Å²) in [5.74, 6) is 0. The summed E-state index contributed by atoms with van der Waals surface area (Å²) in [4.78, 5) is 0. The predicted molar refractivity (Wildman–Crippen MR) is 66.7 cm³/mol. The van der Waals surface area contributed by atoms with Crippen molar-refractivity contribution in [3.8, 4) is 0 Å². The van der Waals surface area contributed by atoms with Crippen molar-refractivity contribution in [2.24, 2.45) is 0 Å². The maximum absolute atomic E-state index is 12.1. The molecule has 3 heteroatoms. The molecule has 0 fully saturated rings. The number of allylic oxidation sites excluding steroid dienone is 2. The van der Waals surface area contributed by atoms with Gasteiger partial charge >= 0.3 is 0 Å². The lowest BCUT2D eigenvalue weighted by atomic mass is 10.00. The van der Waals surface area contributed by atoms with Gasteiger partial charge < -0.3 is 11.1 Å². The van der Waals surface area contributed by atoms with Gasteiger partial charge in [0.2, 0.25) is 0 Å². The van der Waals surface area contributed by atoms with E-state index < -0.39 is 0 Å². The van der Waals surface area contributed by atoms with Crippen molar-refractivity contribution in [2.45, 2.75) is 19.8 Å². The number of rotatable bonds is 2. The van der Waals surface area contributed by atoms with Crippen LogP contribution < -0.4 is 11.1 Å². The summed E-state index contributed by atoms with van der Waals surface area (Å²) in [6.45, 7) is 2.10. The average Bonchev–Trinajstić information content (AvgIpc) is 2.30. The summed E-state index contributed by atoms with van der Waals surface area (Å²) in [6, 6.07) is 3.80. The summed E-state index contributed by atoms with van der Waals surface area (Å²) in [5.41, 5.74) is 10.6. The van der Waals surface area contributed by atoms with Gasteiger partial charge in [-0.05, 0) is 36.6 Å². The Morgan fingerprint density at radius 3 is 3.00 bits per heavy atom. The molecule has 1 aromatic carbocycles. The van der Waals surface area contributed by atoms with E-state index in [4.69, 9.17) is 5.73 Å². The third kappa shape index (κ3) is 1.94. The fourth-order valence-corrected chi connectivity index (χ4v) is 1.87. The molecule has 0 aliphatic carbocycles. The molecule has 1 aliphatic heterocycles. The third-order valence-electron chi connectivity index (χ3n) is 2.80. The van der Waals surface area contributed by atoms with Crippen LogP contribution in [0, 0.1) is 0 Å². The molecular weight excluding hydrogens is 203 g/mol. The van der Waals surface area contributed by atoms with E-state index in [-0.39, 0.29) is 0 Å². The molecule has 0 aromatic heterocycles. The van der Waals surface area contributed by atoms with Crippen LogP contribution in [0.2, 0.25) is 0 Å². The fraction of sp³-hybridized carbons (Fsp3) is 0.231. The Morgan fingerprint density at radius 1 is 1.50 bits per heavy atom. The van der Waals surface area contributed by atoms with Crippen molar-refractivity contribution in [1.82, 2.24) is 0 Å². The SMILES string of the molecule is CCC1=CCc2cc(/C=C/F)c(N)cc2N1. The van der Waals surface area contributed by atoms with E-state index in [0.29, 0.717) is 12.0 Å². The van der Waals surface area contributed by atoms with Gasteiger partial charge in [-0.25, -0.2) is 4.39 Å². The molecule has 0 bridgehead atoms. The van der Waals surface area contributed by atoms with Gasteiger partial charge in [0.15, 0.2) is 0 Å². The highest BCUT2D eigenvalue weighted by Crippen LogP contribution is 2.29. The Hall–Kier alpha value is -1.77. The van der Waals surface area contributed by atoms with Gasteiger partial charge in [0.05, 0.1) is 6.33 Å². The highest BCUT2D eigenvalue weighted by Gasteiger charge is 2.11. The first-order valence-electron chi connectivity index (χ1n) is 5.39. The number of benzene rings is 1. The smallest absolute Gasteiger partial charge is 0.0873 e. The summed E-state index contributed by atoms with van der Waals surface area (Å²) >= 11 is 0. The van der Waals surface area contributed by atoms with E-state index >= 15 is 0 Å². The lowest BCUT2D eigenvalue weighted by Gasteiger charge is -2.20. The lowest BCUT2D eigenvalue weighted by molar-refractivity contribution is 0.727. The number of hydrogen-bond donors (Lipinski definition) is 2.